The van der Waals surface area contributed by atoms with Crippen molar-refractivity contribution < 1.29 is 9.59 Å². The van der Waals surface area contributed by atoms with Gasteiger partial charge in [-0.3, -0.25) is 9.59 Å². The SMILES string of the molecule is O=CN1CCN(C(=O)c2ccnc(NC3CCCC3)n2)CC1. The summed E-state index contributed by atoms with van der Waals surface area (Å²) < 4.78 is 0. The van der Waals surface area contributed by atoms with E-state index in [1.54, 1.807) is 22.1 Å². The molecule has 7 nitrogen and oxygen atoms in total. The lowest BCUT2D eigenvalue weighted by molar-refractivity contribution is -0.119. The molecule has 0 bridgehead atoms. The zero-order chi connectivity index (χ0) is 15.4. The van der Waals surface area contributed by atoms with E-state index in [4.69, 9.17) is 0 Å². The second-order valence-corrected chi connectivity index (χ2v) is 5.82. The molecule has 1 aliphatic heterocycles. The third kappa shape index (κ3) is 3.35. The highest BCUT2D eigenvalue weighted by Gasteiger charge is 2.23. The Morgan fingerprint density at radius 3 is 2.64 bits per heavy atom. The van der Waals surface area contributed by atoms with E-state index in [0.29, 0.717) is 43.9 Å². The fourth-order valence-corrected chi connectivity index (χ4v) is 2.99. The van der Waals surface area contributed by atoms with Crippen molar-refractivity contribution >= 4 is 18.3 Å². The molecular formula is C15H21N5O2. The normalized spacial score (nSPS) is 19.3. The van der Waals surface area contributed by atoms with Crippen LogP contribution in [0.1, 0.15) is 36.2 Å². The molecule has 7 heteroatoms. The van der Waals surface area contributed by atoms with Crippen LogP contribution < -0.4 is 5.32 Å². The monoisotopic (exact) mass is 303 g/mol. The molecule has 22 heavy (non-hydrogen) atoms. The molecule has 0 spiro atoms. The number of carbonyl (C=O) groups is 2. The molecule has 3 rings (SSSR count). The van der Waals surface area contributed by atoms with Crippen LogP contribution in [0.5, 0.6) is 0 Å². The molecular weight excluding hydrogens is 282 g/mol. The first-order valence-corrected chi connectivity index (χ1v) is 7.84. The zero-order valence-electron chi connectivity index (χ0n) is 12.6. The van der Waals surface area contributed by atoms with Crippen LogP contribution in [0.2, 0.25) is 0 Å². The molecule has 118 valence electrons. The van der Waals surface area contributed by atoms with Crippen LogP contribution in [0, 0.1) is 0 Å². The number of anilines is 1. The number of aromatic nitrogens is 2. The Kier molecular flexibility index (Phi) is 4.50. The fourth-order valence-electron chi connectivity index (χ4n) is 2.99. The predicted molar refractivity (Wildman–Crippen MR) is 81.5 cm³/mol. The topological polar surface area (TPSA) is 78.4 Å². The Bertz CT molecular complexity index is 536. The minimum absolute atomic E-state index is 0.0950. The second-order valence-electron chi connectivity index (χ2n) is 5.82. The van der Waals surface area contributed by atoms with Crippen molar-refractivity contribution in [1.82, 2.24) is 19.8 Å². The van der Waals surface area contributed by atoms with Gasteiger partial charge in [-0.2, -0.15) is 0 Å². The first kappa shape index (κ1) is 14.7. The lowest BCUT2D eigenvalue weighted by Gasteiger charge is -2.32. The van der Waals surface area contributed by atoms with Crippen LogP contribution >= 0.6 is 0 Å². The van der Waals surface area contributed by atoms with E-state index in [1.807, 2.05) is 0 Å². The van der Waals surface area contributed by atoms with Crippen LogP contribution in [-0.4, -0.2) is 64.3 Å². The number of amides is 2. The van der Waals surface area contributed by atoms with Gasteiger partial charge in [0.15, 0.2) is 0 Å². The van der Waals surface area contributed by atoms with Gasteiger partial charge in [0.2, 0.25) is 12.4 Å². The molecule has 2 amide bonds. The van der Waals surface area contributed by atoms with Crippen molar-refractivity contribution in [3.05, 3.63) is 18.0 Å². The van der Waals surface area contributed by atoms with Gasteiger partial charge in [-0.1, -0.05) is 12.8 Å². The third-order valence-electron chi connectivity index (χ3n) is 4.31. The van der Waals surface area contributed by atoms with Crippen LogP contribution in [0.25, 0.3) is 0 Å². The standard InChI is InChI=1S/C15H21N5O2/c21-11-19-7-9-20(10-8-19)14(22)13-5-6-16-15(18-13)17-12-3-1-2-4-12/h5-6,11-12H,1-4,7-10H2,(H,16,17,18). The van der Waals surface area contributed by atoms with Gasteiger partial charge in [-0.15, -0.1) is 0 Å². The molecule has 1 aromatic heterocycles. The average molecular weight is 303 g/mol. The number of nitrogens with one attached hydrogen (secondary N) is 1. The molecule has 0 aromatic carbocycles. The fraction of sp³-hybridized carbons (Fsp3) is 0.600. The maximum absolute atomic E-state index is 12.5. The van der Waals surface area contributed by atoms with E-state index in [2.05, 4.69) is 15.3 Å². The Hall–Kier alpha value is -2.18. The van der Waals surface area contributed by atoms with Crippen LogP contribution in [0.3, 0.4) is 0 Å². The molecule has 2 aliphatic rings. The number of piperazine rings is 1. The highest BCUT2D eigenvalue weighted by atomic mass is 16.2. The molecule has 2 fully saturated rings. The molecule has 0 radical (unpaired) electrons. The van der Waals surface area contributed by atoms with Gasteiger partial charge >= 0.3 is 0 Å². The summed E-state index contributed by atoms with van der Waals surface area (Å²) in [5, 5.41) is 3.31. The number of carbonyl (C=O) groups excluding carboxylic acids is 2. The second kappa shape index (κ2) is 6.72. The first-order chi connectivity index (χ1) is 10.8. The minimum Gasteiger partial charge on any atom is -0.351 e. The van der Waals surface area contributed by atoms with E-state index >= 15 is 0 Å². The minimum atomic E-state index is -0.0950. The Balaban J connectivity index is 1.63. The Morgan fingerprint density at radius 2 is 1.95 bits per heavy atom. The van der Waals surface area contributed by atoms with Crippen molar-refractivity contribution in [2.24, 2.45) is 0 Å². The van der Waals surface area contributed by atoms with E-state index < -0.39 is 0 Å². The number of rotatable bonds is 4. The van der Waals surface area contributed by atoms with Gasteiger partial charge in [-0.25, -0.2) is 9.97 Å². The summed E-state index contributed by atoms with van der Waals surface area (Å²) in [5.41, 5.74) is 0.412. The molecule has 0 atom stereocenters. The molecule has 1 saturated heterocycles. The number of hydrogen-bond acceptors (Lipinski definition) is 5. The van der Waals surface area contributed by atoms with Gasteiger partial charge in [-0.05, 0) is 18.9 Å². The molecule has 0 unspecified atom stereocenters. The van der Waals surface area contributed by atoms with Crippen molar-refractivity contribution in [1.29, 1.82) is 0 Å². The van der Waals surface area contributed by atoms with Crippen LogP contribution in [0.4, 0.5) is 5.95 Å². The van der Waals surface area contributed by atoms with Gasteiger partial charge in [0.05, 0.1) is 0 Å². The first-order valence-electron chi connectivity index (χ1n) is 7.84. The summed E-state index contributed by atoms with van der Waals surface area (Å²) in [6.07, 6.45) is 7.19. The summed E-state index contributed by atoms with van der Waals surface area (Å²) in [4.78, 5) is 35.2. The van der Waals surface area contributed by atoms with Gasteiger partial charge in [0, 0.05) is 38.4 Å². The van der Waals surface area contributed by atoms with E-state index in [0.717, 1.165) is 19.3 Å². The van der Waals surface area contributed by atoms with Gasteiger partial charge < -0.3 is 15.1 Å². The van der Waals surface area contributed by atoms with E-state index in [-0.39, 0.29) is 5.91 Å². The summed E-state index contributed by atoms with van der Waals surface area (Å²) >= 11 is 0. The predicted octanol–water partition coefficient (Wildman–Crippen LogP) is 0.745. The number of nitrogens with zero attached hydrogens (tertiary/aromatic N) is 4. The van der Waals surface area contributed by atoms with E-state index in [9.17, 15) is 9.59 Å². The van der Waals surface area contributed by atoms with Crippen LogP contribution in [0.15, 0.2) is 12.3 Å². The summed E-state index contributed by atoms with van der Waals surface area (Å²) in [5.74, 6) is 0.437. The average Bonchev–Trinajstić information content (AvgIpc) is 3.07. The maximum Gasteiger partial charge on any atom is 0.272 e. The van der Waals surface area contributed by atoms with Crippen molar-refractivity contribution in [2.75, 3.05) is 31.5 Å². The smallest absolute Gasteiger partial charge is 0.272 e. The summed E-state index contributed by atoms with van der Waals surface area (Å²) in [6, 6.07) is 2.07. The molecule has 1 aromatic rings. The van der Waals surface area contributed by atoms with Crippen molar-refractivity contribution in [3.8, 4) is 0 Å². The van der Waals surface area contributed by atoms with E-state index in [1.165, 1.54) is 12.8 Å². The maximum atomic E-state index is 12.5. The lowest BCUT2D eigenvalue weighted by atomic mass is 10.2. The molecule has 1 saturated carbocycles. The third-order valence-corrected chi connectivity index (χ3v) is 4.31. The molecule has 1 N–H and O–H groups in total. The largest absolute Gasteiger partial charge is 0.351 e. The van der Waals surface area contributed by atoms with Gasteiger partial charge in [0.1, 0.15) is 5.69 Å². The molecule has 1 aliphatic carbocycles. The molecule has 2 heterocycles. The summed E-state index contributed by atoms with van der Waals surface area (Å²) in [6.45, 7) is 2.25. The zero-order valence-corrected chi connectivity index (χ0v) is 12.6. The van der Waals surface area contributed by atoms with Gasteiger partial charge in [0.25, 0.3) is 5.91 Å². The Morgan fingerprint density at radius 1 is 1.23 bits per heavy atom. The Labute approximate surface area is 129 Å². The number of hydrogen-bond donors (Lipinski definition) is 1. The summed E-state index contributed by atoms with van der Waals surface area (Å²) in [7, 11) is 0. The van der Waals surface area contributed by atoms with Crippen molar-refractivity contribution in [3.63, 3.8) is 0 Å². The van der Waals surface area contributed by atoms with Crippen molar-refractivity contribution in [2.45, 2.75) is 31.7 Å². The highest BCUT2D eigenvalue weighted by molar-refractivity contribution is 5.92. The highest BCUT2D eigenvalue weighted by Crippen LogP contribution is 2.20. The van der Waals surface area contributed by atoms with Crippen LogP contribution in [-0.2, 0) is 4.79 Å². The quantitative estimate of drug-likeness (QED) is 0.830. The lowest BCUT2D eigenvalue weighted by Crippen LogP contribution is -2.48.